The number of anilines is 2. The molecule has 30 heavy (non-hydrogen) atoms. The zero-order valence-electron chi connectivity index (χ0n) is 16.6. The monoisotopic (exact) mass is 440 g/mol. The number of carbonyl (C=O) groups excluding carboxylic acids is 1. The first kappa shape index (κ1) is 20.4. The summed E-state index contributed by atoms with van der Waals surface area (Å²) >= 11 is 6.22. The molecule has 0 aliphatic carbocycles. The summed E-state index contributed by atoms with van der Waals surface area (Å²) in [6.07, 6.45) is 0.759. The number of rotatable bonds is 4. The fourth-order valence-corrected chi connectivity index (χ4v) is 5.40. The molecule has 0 radical (unpaired) electrons. The first-order chi connectivity index (χ1) is 14.3. The van der Waals surface area contributed by atoms with E-state index in [1.807, 2.05) is 50.2 Å². The van der Waals surface area contributed by atoms with Crippen molar-refractivity contribution in [2.45, 2.75) is 31.2 Å². The fraction of sp³-hybridized carbons (Fsp3) is 0.174. The second-order valence-electron chi connectivity index (χ2n) is 7.42. The number of para-hydroxylation sites is 2. The number of aryl methyl sites for hydroxylation is 1. The predicted molar refractivity (Wildman–Crippen MR) is 120 cm³/mol. The van der Waals surface area contributed by atoms with Crippen LogP contribution in [0.15, 0.2) is 71.6 Å². The zero-order valence-corrected chi connectivity index (χ0v) is 18.2. The van der Waals surface area contributed by atoms with Crippen LogP contribution in [0.1, 0.15) is 28.4 Å². The van der Waals surface area contributed by atoms with Gasteiger partial charge in [-0.05, 0) is 61.7 Å². The molecule has 0 aromatic heterocycles. The molecular formula is C23H21ClN2O3S. The van der Waals surface area contributed by atoms with Gasteiger partial charge in [0.1, 0.15) is 4.90 Å². The van der Waals surface area contributed by atoms with Gasteiger partial charge < -0.3 is 4.90 Å². The van der Waals surface area contributed by atoms with Gasteiger partial charge in [-0.25, -0.2) is 8.42 Å². The van der Waals surface area contributed by atoms with Gasteiger partial charge in [-0.1, -0.05) is 48.0 Å². The van der Waals surface area contributed by atoms with E-state index in [-0.39, 0.29) is 27.4 Å². The first-order valence-corrected chi connectivity index (χ1v) is 11.4. The summed E-state index contributed by atoms with van der Waals surface area (Å²) in [6, 6.07) is 19.2. The van der Waals surface area contributed by atoms with Crippen molar-refractivity contribution >= 4 is 38.9 Å². The highest BCUT2D eigenvalue weighted by Gasteiger charge is 2.32. The van der Waals surface area contributed by atoms with E-state index in [0.29, 0.717) is 5.69 Å². The normalized spacial score (nSPS) is 15.7. The van der Waals surface area contributed by atoms with Crippen LogP contribution < -0.4 is 9.62 Å². The molecule has 0 spiro atoms. The Morgan fingerprint density at radius 2 is 1.77 bits per heavy atom. The van der Waals surface area contributed by atoms with Crippen molar-refractivity contribution < 1.29 is 13.2 Å². The summed E-state index contributed by atoms with van der Waals surface area (Å²) in [5, 5.41) is 0.0579. The van der Waals surface area contributed by atoms with Crippen molar-refractivity contribution in [1.82, 2.24) is 0 Å². The molecule has 5 nitrogen and oxygen atoms in total. The van der Waals surface area contributed by atoms with Gasteiger partial charge >= 0.3 is 0 Å². The van der Waals surface area contributed by atoms with Crippen LogP contribution in [-0.2, 0) is 16.4 Å². The lowest BCUT2D eigenvalue weighted by molar-refractivity contribution is 0.0981. The molecule has 0 unspecified atom stereocenters. The lowest BCUT2D eigenvalue weighted by atomic mass is 10.1. The van der Waals surface area contributed by atoms with Crippen molar-refractivity contribution in [3.8, 4) is 0 Å². The Balaban J connectivity index is 1.70. The summed E-state index contributed by atoms with van der Waals surface area (Å²) in [5.41, 5.74) is 3.47. The molecule has 1 atom stereocenters. The van der Waals surface area contributed by atoms with Crippen molar-refractivity contribution in [2.24, 2.45) is 0 Å². The average Bonchev–Trinajstić information content (AvgIpc) is 3.05. The Hall–Kier alpha value is -2.83. The SMILES string of the molecule is Cc1ccccc1NS(=O)(=O)c1cc(C(=O)N2c3ccccc3C[C@H]2C)ccc1Cl. The smallest absolute Gasteiger partial charge is 0.263 e. The van der Waals surface area contributed by atoms with Crippen molar-refractivity contribution in [1.29, 1.82) is 0 Å². The van der Waals surface area contributed by atoms with Crippen LogP contribution in [0.5, 0.6) is 0 Å². The third kappa shape index (κ3) is 3.68. The van der Waals surface area contributed by atoms with Crippen molar-refractivity contribution in [3.63, 3.8) is 0 Å². The first-order valence-electron chi connectivity index (χ1n) is 9.57. The Labute approximate surface area is 181 Å². The van der Waals surface area contributed by atoms with E-state index in [4.69, 9.17) is 11.6 Å². The maximum Gasteiger partial charge on any atom is 0.263 e. The van der Waals surface area contributed by atoms with Crippen molar-refractivity contribution in [2.75, 3.05) is 9.62 Å². The molecular weight excluding hydrogens is 420 g/mol. The standard InChI is InChI=1S/C23H21ClN2O3S/c1-15-7-3-5-9-20(15)25-30(28,29)22-14-18(11-12-19(22)24)23(27)26-16(2)13-17-8-4-6-10-21(17)26/h3-12,14,16,25H,13H2,1-2H3/t16-/m1/s1. The van der Waals surface area contributed by atoms with E-state index in [9.17, 15) is 13.2 Å². The highest BCUT2D eigenvalue weighted by atomic mass is 35.5. The number of benzene rings is 3. The van der Waals surface area contributed by atoms with Crippen LogP contribution in [0.25, 0.3) is 0 Å². The number of sulfonamides is 1. The number of nitrogens with one attached hydrogen (secondary N) is 1. The van der Waals surface area contributed by atoms with Crippen LogP contribution >= 0.6 is 11.6 Å². The summed E-state index contributed by atoms with van der Waals surface area (Å²) in [7, 11) is -3.97. The topological polar surface area (TPSA) is 66.5 Å². The van der Waals surface area contributed by atoms with E-state index < -0.39 is 10.0 Å². The average molecular weight is 441 g/mol. The Morgan fingerprint density at radius 3 is 2.53 bits per heavy atom. The second-order valence-corrected chi connectivity index (χ2v) is 9.48. The molecule has 1 amide bonds. The predicted octanol–water partition coefficient (Wildman–Crippen LogP) is 5.04. The molecule has 0 fully saturated rings. The zero-order chi connectivity index (χ0) is 21.5. The van der Waals surface area contributed by atoms with E-state index in [1.165, 1.54) is 12.1 Å². The number of halogens is 1. The van der Waals surface area contributed by atoms with E-state index >= 15 is 0 Å². The molecule has 0 saturated carbocycles. The van der Waals surface area contributed by atoms with Crippen LogP contribution in [-0.4, -0.2) is 20.4 Å². The Kier molecular flexibility index (Phi) is 5.30. The lowest BCUT2D eigenvalue weighted by Crippen LogP contribution is -2.35. The van der Waals surface area contributed by atoms with Crippen LogP contribution in [0.3, 0.4) is 0 Å². The minimum atomic E-state index is -3.97. The molecule has 3 aromatic carbocycles. The third-order valence-corrected chi connectivity index (χ3v) is 7.13. The number of hydrogen-bond donors (Lipinski definition) is 1. The van der Waals surface area contributed by atoms with E-state index in [1.54, 1.807) is 23.1 Å². The molecule has 1 aliphatic heterocycles. The third-order valence-electron chi connectivity index (χ3n) is 5.28. The maximum atomic E-state index is 13.3. The number of nitrogens with zero attached hydrogens (tertiary/aromatic N) is 1. The van der Waals surface area contributed by atoms with E-state index in [0.717, 1.165) is 23.2 Å². The highest BCUT2D eigenvalue weighted by molar-refractivity contribution is 7.92. The molecule has 0 bridgehead atoms. The number of hydrogen-bond acceptors (Lipinski definition) is 3. The summed E-state index contributed by atoms with van der Waals surface area (Å²) in [5.74, 6) is -0.253. The number of carbonyl (C=O) groups is 1. The number of fused-ring (bicyclic) bond motifs is 1. The highest BCUT2D eigenvalue weighted by Crippen LogP contribution is 2.34. The van der Waals surface area contributed by atoms with Crippen LogP contribution in [0.4, 0.5) is 11.4 Å². The van der Waals surface area contributed by atoms with Gasteiger partial charge in [0.2, 0.25) is 0 Å². The van der Waals surface area contributed by atoms with Crippen LogP contribution in [0.2, 0.25) is 5.02 Å². The molecule has 1 N–H and O–H groups in total. The fourth-order valence-electron chi connectivity index (χ4n) is 3.74. The quantitative estimate of drug-likeness (QED) is 0.618. The molecule has 1 aliphatic rings. The molecule has 7 heteroatoms. The molecule has 4 rings (SSSR count). The molecule has 0 saturated heterocycles. The van der Waals surface area contributed by atoms with Gasteiger partial charge in [0.15, 0.2) is 0 Å². The summed E-state index contributed by atoms with van der Waals surface area (Å²) in [6.45, 7) is 3.79. The summed E-state index contributed by atoms with van der Waals surface area (Å²) < 4.78 is 28.6. The lowest BCUT2D eigenvalue weighted by Gasteiger charge is -2.23. The van der Waals surface area contributed by atoms with E-state index in [2.05, 4.69) is 4.72 Å². The van der Waals surface area contributed by atoms with Gasteiger partial charge in [-0.2, -0.15) is 0 Å². The largest absolute Gasteiger partial charge is 0.305 e. The van der Waals surface area contributed by atoms with Gasteiger partial charge in [0.25, 0.3) is 15.9 Å². The molecule has 3 aromatic rings. The van der Waals surface area contributed by atoms with Crippen LogP contribution in [0, 0.1) is 6.92 Å². The Bertz CT molecular complexity index is 1240. The maximum absolute atomic E-state index is 13.3. The molecule has 1 heterocycles. The van der Waals surface area contributed by atoms with Crippen molar-refractivity contribution in [3.05, 3.63) is 88.4 Å². The number of amides is 1. The van der Waals surface area contributed by atoms with Gasteiger partial charge in [0, 0.05) is 17.3 Å². The molecule has 154 valence electrons. The minimum absolute atomic E-state index is 0.0178. The second kappa shape index (κ2) is 7.78. The summed E-state index contributed by atoms with van der Waals surface area (Å²) in [4.78, 5) is 14.9. The minimum Gasteiger partial charge on any atom is -0.305 e. The van der Waals surface area contributed by atoms with Gasteiger partial charge in [-0.15, -0.1) is 0 Å². The Morgan fingerprint density at radius 1 is 1.07 bits per heavy atom. The van der Waals surface area contributed by atoms with Gasteiger partial charge in [0.05, 0.1) is 10.7 Å². The van der Waals surface area contributed by atoms with Gasteiger partial charge in [-0.3, -0.25) is 9.52 Å².